The lowest BCUT2D eigenvalue weighted by molar-refractivity contribution is 0.309. The first kappa shape index (κ1) is 13.8. The van der Waals surface area contributed by atoms with Crippen LogP contribution in [0.3, 0.4) is 0 Å². The van der Waals surface area contributed by atoms with E-state index in [2.05, 4.69) is 25.8 Å². The van der Waals surface area contributed by atoms with Crippen molar-refractivity contribution >= 4 is 0 Å². The van der Waals surface area contributed by atoms with E-state index in [-0.39, 0.29) is 0 Å². The van der Waals surface area contributed by atoms with Crippen LogP contribution in [-0.2, 0) is 6.54 Å². The maximum atomic E-state index is 9.90. The van der Waals surface area contributed by atoms with Crippen LogP contribution in [0.2, 0.25) is 0 Å². The fourth-order valence-electron chi connectivity index (χ4n) is 1.74. The molecule has 1 N–H and O–H groups in total. The molecule has 0 fully saturated rings. The van der Waals surface area contributed by atoms with Crippen molar-refractivity contribution in [1.82, 2.24) is 4.90 Å². The summed E-state index contributed by atoms with van der Waals surface area (Å²) in [7, 11) is 2.06. The number of ether oxygens (including phenoxy) is 1. The zero-order valence-corrected chi connectivity index (χ0v) is 11.1. The van der Waals surface area contributed by atoms with Gasteiger partial charge in [0, 0.05) is 18.2 Å². The molecule has 17 heavy (non-hydrogen) atoms. The van der Waals surface area contributed by atoms with E-state index in [1.165, 1.54) is 0 Å². The van der Waals surface area contributed by atoms with Gasteiger partial charge in [-0.3, -0.25) is 0 Å². The maximum absolute atomic E-state index is 9.90. The second-order valence-electron chi connectivity index (χ2n) is 4.38. The Kier molecular flexibility index (Phi) is 5.84. The van der Waals surface area contributed by atoms with E-state index in [1.54, 1.807) is 6.07 Å². The molecule has 0 radical (unpaired) electrons. The van der Waals surface area contributed by atoms with Gasteiger partial charge >= 0.3 is 0 Å². The fourth-order valence-corrected chi connectivity index (χ4v) is 1.74. The minimum Gasteiger partial charge on any atom is -0.507 e. The fraction of sp³-hybridized carbons (Fsp3) is 0.571. The van der Waals surface area contributed by atoms with Gasteiger partial charge in [0.25, 0.3) is 0 Å². The Hall–Kier alpha value is -1.22. The molecule has 0 aliphatic heterocycles. The Balaban J connectivity index is 2.62. The highest BCUT2D eigenvalue weighted by atomic mass is 16.5. The highest BCUT2D eigenvalue weighted by molar-refractivity contribution is 5.39. The number of aromatic hydroxyl groups is 1. The quantitative estimate of drug-likeness (QED) is 0.791. The Morgan fingerprint density at radius 2 is 2.00 bits per heavy atom. The molecule has 3 heteroatoms. The van der Waals surface area contributed by atoms with Crippen LogP contribution in [0.5, 0.6) is 11.5 Å². The van der Waals surface area contributed by atoms with Gasteiger partial charge in [0.2, 0.25) is 0 Å². The van der Waals surface area contributed by atoms with Gasteiger partial charge in [0.15, 0.2) is 0 Å². The number of phenols is 1. The average Bonchev–Trinajstić information content (AvgIpc) is 2.30. The van der Waals surface area contributed by atoms with E-state index in [1.807, 2.05) is 12.1 Å². The normalized spacial score (nSPS) is 10.8. The van der Waals surface area contributed by atoms with Gasteiger partial charge in [-0.1, -0.05) is 19.9 Å². The van der Waals surface area contributed by atoms with Crippen molar-refractivity contribution in [3.8, 4) is 11.5 Å². The van der Waals surface area contributed by atoms with Crippen LogP contribution in [0.4, 0.5) is 0 Å². The molecule has 3 nitrogen and oxygen atoms in total. The van der Waals surface area contributed by atoms with E-state index >= 15 is 0 Å². The maximum Gasteiger partial charge on any atom is 0.123 e. The highest BCUT2D eigenvalue weighted by Crippen LogP contribution is 2.24. The van der Waals surface area contributed by atoms with Crippen molar-refractivity contribution in [3.05, 3.63) is 23.8 Å². The van der Waals surface area contributed by atoms with Crippen LogP contribution in [-0.4, -0.2) is 30.2 Å². The van der Waals surface area contributed by atoms with Gasteiger partial charge in [-0.25, -0.2) is 0 Å². The van der Waals surface area contributed by atoms with Crippen LogP contribution in [0.15, 0.2) is 18.2 Å². The van der Waals surface area contributed by atoms with Crippen molar-refractivity contribution in [1.29, 1.82) is 0 Å². The smallest absolute Gasteiger partial charge is 0.123 e. The zero-order valence-electron chi connectivity index (χ0n) is 11.1. The molecule has 1 rings (SSSR count). The highest BCUT2D eigenvalue weighted by Gasteiger charge is 2.06. The largest absolute Gasteiger partial charge is 0.507 e. The molecule has 0 aromatic heterocycles. The molecule has 0 amide bonds. The Morgan fingerprint density at radius 3 is 2.59 bits per heavy atom. The second kappa shape index (κ2) is 7.17. The molecular formula is C14H23NO2. The van der Waals surface area contributed by atoms with E-state index < -0.39 is 0 Å². The Morgan fingerprint density at radius 1 is 1.24 bits per heavy atom. The molecule has 0 bridgehead atoms. The molecule has 1 aromatic rings. The van der Waals surface area contributed by atoms with Gasteiger partial charge in [0.05, 0.1) is 6.61 Å². The van der Waals surface area contributed by atoms with E-state index in [0.717, 1.165) is 37.2 Å². The minimum atomic E-state index is 0.321. The number of hydrogen-bond donors (Lipinski definition) is 1. The summed E-state index contributed by atoms with van der Waals surface area (Å²) >= 11 is 0. The van der Waals surface area contributed by atoms with Crippen molar-refractivity contribution in [2.75, 3.05) is 20.2 Å². The predicted molar refractivity (Wildman–Crippen MR) is 70.5 cm³/mol. The second-order valence-corrected chi connectivity index (χ2v) is 4.38. The minimum absolute atomic E-state index is 0.321. The molecule has 0 aliphatic rings. The molecule has 0 spiro atoms. The standard InChI is InChI=1S/C14H23NO2/c1-4-8-15(3)11-12-6-7-13(10-14(12)16)17-9-5-2/h6-7,10,16H,4-5,8-9,11H2,1-3H3. The summed E-state index contributed by atoms with van der Waals surface area (Å²) in [6.07, 6.45) is 2.09. The molecule has 0 atom stereocenters. The number of phenolic OH excluding ortho intramolecular Hbond substituents is 1. The van der Waals surface area contributed by atoms with E-state index in [0.29, 0.717) is 12.4 Å². The summed E-state index contributed by atoms with van der Waals surface area (Å²) in [4.78, 5) is 2.20. The summed E-state index contributed by atoms with van der Waals surface area (Å²) in [6, 6.07) is 5.56. The molecule has 0 heterocycles. The number of hydrogen-bond acceptors (Lipinski definition) is 3. The van der Waals surface area contributed by atoms with Gasteiger partial charge < -0.3 is 14.7 Å². The molecule has 96 valence electrons. The number of benzene rings is 1. The SMILES string of the molecule is CCCOc1ccc(CN(C)CCC)c(O)c1. The number of nitrogens with zero attached hydrogens (tertiary/aromatic N) is 1. The summed E-state index contributed by atoms with van der Waals surface area (Å²) in [5.74, 6) is 1.06. The van der Waals surface area contributed by atoms with Gasteiger partial charge in [0.1, 0.15) is 11.5 Å². The monoisotopic (exact) mass is 237 g/mol. The number of rotatable bonds is 7. The van der Waals surface area contributed by atoms with Gasteiger partial charge in [-0.15, -0.1) is 0 Å². The molecule has 0 saturated heterocycles. The first-order valence-electron chi connectivity index (χ1n) is 6.30. The summed E-state index contributed by atoms with van der Waals surface area (Å²) in [5.41, 5.74) is 0.949. The van der Waals surface area contributed by atoms with Crippen molar-refractivity contribution < 1.29 is 9.84 Å². The third-order valence-electron chi connectivity index (χ3n) is 2.58. The predicted octanol–water partition coefficient (Wildman–Crippen LogP) is 3.02. The summed E-state index contributed by atoms with van der Waals surface area (Å²) in [6.45, 7) is 6.71. The summed E-state index contributed by atoms with van der Waals surface area (Å²) < 4.78 is 5.47. The zero-order chi connectivity index (χ0) is 12.7. The first-order valence-corrected chi connectivity index (χ1v) is 6.30. The molecule has 0 unspecified atom stereocenters. The lowest BCUT2D eigenvalue weighted by Gasteiger charge is -2.16. The van der Waals surface area contributed by atoms with Crippen LogP contribution in [0, 0.1) is 0 Å². The molecule has 0 aliphatic carbocycles. The van der Waals surface area contributed by atoms with E-state index in [9.17, 15) is 5.11 Å². The Labute approximate surface area is 104 Å². The molecular weight excluding hydrogens is 214 g/mol. The Bertz CT molecular complexity index is 339. The van der Waals surface area contributed by atoms with E-state index in [4.69, 9.17) is 4.74 Å². The van der Waals surface area contributed by atoms with Crippen LogP contribution < -0.4 is 4.74 Å². The lowest BCUT2D eigenvalue weighted by atomic mass is 10.2. The van der Waals surface area contributed by atoms with Crippen LogP contribution in [0.25, 0.3) is 0 Å². The van der Waals surface area contributed by atoms with Crippen LogP contribution >= 0.6 is 0 Å². The summed E-state index contributed by atoms with van der Waals surface area (Å²) in [5, 5.41) is 9.90. The lowest BCUT2D eigenvalue weighted by Crippen LogP contribution is -2.18. The molecule has 0 saturated carbocycles. The van der Waals surface area contributed by atoms with Gasteiger partial charge in [-0.05, 0) is 32.5 Å². The van der Waals surface area contributed by atoms with Crippen LogP contribution in [0.1, 0.15) is 32.3 Å². The first-order chi connectivity index (χ1) is 8.17. The van der Waals surface area contributed by atoms with Gasteiger partial charge in [-0.2, -0.15) is 0 Å². The molecule has 1 aromatic carbocycles. The van der Waals surface area contributed by atoms with Crippen molar-refractivity contribution in [3.63, 3.8) is 0 Å². The third-order valence-corrected chi connectivity index (χ3v) is 2.58. The third kappa shape index (κ3) is 4.65. The van der Waals surface area contributed by atoms with Crippen molar-refractivity contribution in [2.24, 2.45) is 0 Å². The van der Waals surface area contributed by atoms with Crippen molar-refractivity contribution in [2.45, 2.75) is 33.2 Å². The average molecular weight is 237 g/mol. The topological polar surface area (TPSA) is 32.7 Å².